The third-order valence-corrected chi connectivity index (χ3v) is 18.7. The summed E-state index contributed by atoms with van der Waals surface area (Å²) in [5.74, 6) is -6.48. The zero-order valence-electron chi connectivity index (χ0n) is 40.8. The number of aromatic amines is 1. The quantitative estimate of drug-likeness (QED) is 0.0690. The molecule has 3 aromatic rings. The molecule has 2 amide bonds. The van der Waals surface area contributed by atoms with E-state index in [1.807, 2.05) is 0 Å². The van der Waals surface area contributed by atoms with E-state index in [9.17, 15) is 84.2 Å². The number of rotatable bonds is 10. The highest BCUT2D eigenvalue weighted by Crippen LogP contribution is 2.90. The van der Waals surface area contributed by atoms with E-state index in [0.717, 1.165) is 13.2 Å². The highest BCUT2D eigenvalue weighted by Gasteiger charge is 3.10. The number of esters is 1. The van der Waals surface area contributed by atoms with Crippen LogP contribution in [-0.2, 0) is 25.0 Å². The fourth-order valence-corrected chi connectivity index (χ4v) is 15.4. The van der Waals surface area contributed by atoms with Gasteiger partial charge in [0.2, 0.25) is 0 Å². The molecule has 0 unspecified atom stereocenters. The van der Waals surface area contributed by atoms with Gasteiger partial charge in [0.05, 0.1) is 28.4 Å². The van der Waals surface area contributed by atoms with E-state index in [1.54, 1.807) is 49.4 Å². The highest BCUT2D eigenvalue weighted by atomic mass is 127. The number of amides is 2. The Hall–Kier alpha value is -3.96. The van der Waals surface area contributed by atoms with Gasteiger partial charge in [-0.3, -0.25) is 9.59 Å². The van der Waals surface area contributed by atoms with Crippen LogP contribution < -0.4 is 10.6 Å². The number of sulfone groups is 1. The standard InChI is InChI=1S/C25H35NO9.C23H22F7IN2O4S/c1-12(2)22(31)17(34-16(28)14-7-6-10-26-14)23(32)18(4)11-21(30)19(22,5)25(23,33)24(35-21)15(27)13(3)8-9-20(18,24)29;1-12-10-13(21(24,22(25,26)27)23(28,29)30)8-9-16(12)32-18(34)14-6-5-7-15(31)17(14)19(35)33-20(2,3)11-38(4,36)37/h6-7,10,12-13,15,17,26-27,29-33H,8-9,11H2,1-5H3;5-10H,11H2,1-4H3,(H,32,34)(H,33,35)/t13-,15+,17+,18-,19+,20-,21-,22+,23+,24+,25+;/m0./s1. The molecule has 2 saturated heterocycles. The molecular formula is C48H57F7IN3O13S. The average Bonchev–Trinajstić information content (AvgIpc) is 3.88. The monoisotopic (exact) mass is 1180 g/mol. The topological polar surface area (TPSA) is 265 Å². The molecule has 73 heavy (non-hydrogen) atoms. The zero-order valence-corrected chi connectivity index (χ0v) is 43.8. The van der Waals surface area contributed by atoms with Crippen LogP contribution in [0.15, 0.2) is 54.7 Å². The van der Waals surface area contributed by atoms with Gasteiger partial charge in [-0.1, -0.05) is 45.9 Å². The minimum atomic E-state index is -6.30. The minimum absolute atomic E-state index is 0.0654. The number of hydrogen-bond acceptors (Lipinski definition) is 13. The fraction of sp³-hybridized carbons (Fsp3) is 0.604. The number of aromatic nitrogens is 1. The molecule has 4 saturated carbocycles. The molecule has 4 aliphatic carbocycles. The fourth-order valence-electron chi connectivity index (χ4n) is 13.3. The van der Waals surface area contributed by atoms with Crippen molar-refractivity contribution in [2.45, 2.75) is 144 Å². The van der Waals surface area contributed by atoms with Crippen LogP contribution in [0.1, 0.15) is 110 Å². The molecule has 9 N–H and O–H groups in total. The molecule has 6 fully saturated rings. The highest BCUT2D eigenvalue weighted by molar-refractivity contribution is 14.1. The molecule has 6 aliphatic rings. The van der Waals surface area contributed by atoms with Gasteiger partial charge >= 0.3 is 24.0 Å². The summed E-state index contributed by atoms with van der Waals surface area (Å²) in [6.45, 7) is 11.9. The summed E-state index contributed by atoms with van der Waals surface area (Å²) < 4.78 is 129. The van der Waals surface area contributed by atoms with Crippen LogP contribution >= 0.6 is 22.6 Å². The molecule has 9 rings (SSSR count). The number of aliphatic hydroxyl groups excluding tert-OH is 1. The number of carbonyl (C=O) groups excluding carboxylic acids is 3. The van der Waals surface area contributed by atoms with Crippen molar-refractivity contribution in [1.82, 2.24) is 10.3 Å². The van der Waals surface area contributed by atoms with Crippen molar-refractivity contribution in [3.63, 3.8) is 0 Å². The van der Waals surface area contributed by atoms with E-state index in [0.29, 0.717) is 22.1 Å². The maximum atomic E-state index is 14.4. The molecule has 6 bridgehead atoms. The maximum absolute atomic E-state index is 14.4. The van der Waals surface area contributed by atoms with Crippen LogP contribution in [0.25, 0.3) is 0 Å². The number of alkyl halides is 7. The average molecular weight is 1180 g/mol. The second-order valence-corrected chi connectivity index (χ2v) is 24.9. The van der Waals surface area contributed by atoms with Crippen molar-refractivity contribution in [3.05, 3.63) is 86.2 Å². The number of H-pyrrole nitrogens is 1. The van der Waals surface area contributed by atoms with Crippen LogP contribution in [0.2, 0.25) is 0 Å². The van der Waals surface area contributed by atoms with Crippen LogP contribution in [0.5, 0.6) is 0 Å². The summed E-state index contributed by atoms with van der Waals surface area (Å²) in [6.07, 6.45) is -13.2. The SMILES string of the molecule is CC(C)[C@@]1(O)[C@@H](OC(=O)c2ccc[nH]2)[C@@]2(O)[C@@]3(C)C[C@]4(O)O[C@@]5([C@H](O)[C@@H](C)CC[C@]35O)[C@@]2(O)[C@@]14C.Cc1cc(C(F)(C(F)(F)F)C(F)(F)F)ccc1NC(=O)c1cccc(I)c1C(=O)NC(C)(C)CS(C)(=O)=O. The number of halogens is 8. The predicted molar refractivity (Wildman–Crippen MR) is 253 cm³/mol. The smallest absolute Gasteiger partial charge is 0.435 e. The Balaban J connectivity index is 0.000000214. The number of benzene rings is 2. The molecule has 2 aliphatic heterocycles. The third kappa shape index (κ3) is 7.20. The lowest BCUT2D eigenvalue weighted by atomic mass is 9.52. The van der Waals surface area contributed by atoms with E-state index in [-0.39, 0.29) is 47.0 Å². The molecule has 1 aromatic heterocycles. The molecule has 1 spiro atoms. The lowest BCUT2D eigenvalue weighted by Gasteiger charge is -2.60. The first-order valence-electron chi connectivity index (χ1n) is 22.9. The van der Waals surface area contributed by atoms with Gasteiger partial charge in [0.15, 0.2) is 17.5 Å². The van der Waals surface area contributed by atoms with Crippen molar-refractivity contribution >= 4 is 55.9 Å². The van der Waals surface area contributed by atoms with Crippen LogP contribution in [0.4, 0.5) is 36.4 Å². The number of carbonyl (C=O) groups is 3. The number of anilines is 1. The Kier molecular flexibility index (Phi) is 13.2. The van der Waals surface area contributed by atoms with Crippen LogP contribution in [0.3, 0.4) is 0 Å². The summed E-state index contributed by atoms with van der Waals surface area (Å²) in [7, 11) is -3.49. The van der Waals surface area contributed by atoms with Crippen molar-refractivity contribution in [1.29, 1.82) is 0 Å². The van der Waals surface area contributed by atoms with E-state index in [4.69, 9.17) is 9.47 Å². The van der Waals surface area contributed by atoms with Gasteiger partial charge in [-0.25, -0.2) is 17.6 Å². The Labute approximate surface area is 428 Å². The van der Waals surface area contributed by atoms with Gasteiger partial charge in [0, 0.05) is 44.6 Å². The van der Waals surface area contributed by atoms with Crippen LogP contribution in [-0.4, -0.2) is 138 Å². The molecule has 25 heteroatoms. The van der Waals surface area contributed by atoms with Gasteiger partial charge < -0.3 is 55.7 Å². The Morgan fingerprint density at radius 2 is 1.55 bits per heavy atom. The molecule has 2 aromatic carbocycles. The lowest BCUT2D eigenvalue weighted by Crippen LogP contribution is -2.75. The predicted octanol–water partition coefficient (Wildman–Crippen LogP) is 5.51. The van der Waals surface area contributed by atoms with Crippen molar-refractivity contribution in [2.75, 3.05) is 17.3 Å². The van der Waals surface area contributed by atoms with Crippen molar-refractivity contribution in [3.8, 4) is 0 Å². The largest absolute Gasteiger partial charge is 0.451 e. The molecule has 11 atom stereocenters. The Morgan fingerprint density at radius 3 is 2.07 bits per heavy atom. The summed E-state index contributed by atoms with van der Waals surface area (Å²) in [4.78, 5) is 41.9. The minimum Gasteiger partial charge on any atom is -0.451 e. The first-order valence-corrected chi connectivity index (χ1v) is 26.0. The van der Waals surface area contributed by atoms with E-state index in [2.05, 4.69) is 15.6 Å². The van der Waals surface area contributed by atoms with E-state index in [1.165, 1.54) is 58.2 Å². The van der Waals surface area contributed by atoms with Crippen molar-refractivity contribution in [2.24, 2.45) is 22.7 Å². The number of ether oxygens (including phenoxy) is 2. The summed E-state index contributed by atoms with van der Waals surface area (Å²) in [5.41, 5.74) is -24.7. The van der Waals surface area contributed by atoms with Gasteiger partial charge in [0.25, 0.3) is 11.8 Å². The van der Waals surface area contributed by atoms with Crippen molar-refractivity contribution < 1.29 is 93.6 Å². The zero-order chi connectivity index (χ0) is 55.3. The molecule has 0 radical (unpaired) electrons. The van der Waals surface area contributed by atoms with Gasteiger partial charge in [-0.2, -0.15) is 26.3 Å². The lowest BCUT2D eigenvalue weighted by molar-refractivity contribution is -0.390. The second kappa shape index (κ2) is 17.0. The second-order valence-electron chi connectivity index (χ2n) is 21.6. The van der Waals surface area contributed by atoms with Gasteiger partial charge in [0.1, 0.15) is 37.9 Å². The number of nitrogens with one attached hydrogen (secondary N) is 3. The third-order valence-electron chi connectivity index (χ3n) is 16.5. The Bertz CT molecular complexity index is 2860. The van der Waals surface area contributed by atoms with Crippen LogP contribution in [0, 0.1) is 33.2 Å². The normalized spacial score (nSPS) is 35.6. The number of aryl methyl sites for hydroxylation is 1. The van der Waals surface area contributed by atoms with E-state index < -0.39 is 131 Å². The Morgan fingerprint density at radius 1 is 0.945 bits per heavy atom. The maximum Gasteiger partial charge on any atom is 0.435 e. The van der Waals surface area contributed by atoms with Gasteiger partial charge in [-0.15, -0.1) is 0 Å². The molecule has 16 nitrogen and oxygen atoms in total. The number of hydrogen-bond donors (Lipinski definition) is 9. The summed E-state index contributed by atoms with van der Waals surface area (Å²) in [6, 6.07) is 8.51. The van der Waals surface area contributed by atoms with Gasteiger partial charge in [-0.05, 0) is 111 Å². The summed E-state index contributed by atoms with van der Waals surface area (Å²) in [5, 5.41) is 78.8. The molecule has 3 heterocycles. The summed E-state index contributed by atoms with van der Waals surface area (Å²) >= 11 is 1.77. The molecular weight excluding hydrogens is 1120 g/mol. The van der Waals surface area contributed by atoms with E-state index >= 15 is 0 Å². The molecule has 404 valence electrons. The number of aliphatic hydroxyl groups is 6. The first-order chi connectivity index (χ1) is 33.0. The first kappa shape index (κ1) is 56.8.